The van der Waals surface area contributed by atoms with Gasteiger partial charge in [-0.05, 0) is 38.0 Å². The van der Waals surface area contributed by atoms with Crippen LogP contribution in [0.3, 0.4) is 0 Å². The number of hydrogen-bond donors (Lipinski definition) is 3. The van der Waals surface area contributed by atoms with E-state index in [-0.39, 0.29) is 22.4 Å². The van der Waals surface area contributed by atoms with Gasteiger partial charge in [-0.2, -0.15) is 0 Å². The standard InChI is InChI=1S/C19H20N2O4/c1-12-5-4-10-21(12)20-13-8-9-16(17(22)11-13)18(23)14-6-2-3-7-15(14)19(24)25/h2-3,6-9,11-12,20,22H,4-5,10H2,1H3,(H,24,25). The van der Waals surface area contributed by atoms with Crippen molar-refractivity contribution in [2.45, 2.75) is 25.8 Å². The van der Waals surface area contributed by atoms with Crippen molar-refractivity contribution in [3.63, 3.8) is 0 Å². The molecule has 0 saturated carbocycles. The molecular weight excluding hydrogens is 320 g/mol. The van der Waals surface area contributed by atoms with Gasteiger partial charge in [0.15, 0.2) is 5.78 Å². The van der Waals surface area contributed by atoms with E-state index < -0.39 is 11.8 Å². The number of carbonyl (C=O) groups excluding carboxylic acids is 1. The normalized spacial score (nSPS) is 17.4. The van der Waals surface area contributed by atoms with Gasteiger partial charge >= 0.3 is 5.97 Å². The molecule has 1 fully saturated rings. The van der Waals surface area contributed by atoms with Crippen LogP contribution in [-0.4, -0.2) is 39.6 Å². The maximum Gasteiger partial charge on any atom is 0.336 e. The van der Waals surface area contributed by atoms with E-state index in [4.69, 9.17) is 0 Å². The van der Waals surface area contributed by atoms with Crippen molar-refractivity contribution in [3.8, 4) is 5.75 Å². The van der Waals surface area contributed by atoms with Gasteiger partial charge in [0.1, 0.15) is 5.75 Å². The topological polar surface area (TPSA) is 89.9 Å². The number of phenolic OH excluding ortho intramolecular Hbond substituents is 1. The number of phenols is 1. The molecule has 0 aliphatic carbocycles. The first kappa shape index (κ1) is 17.0. The third-order valence-electron chi connectivity index (χ3n) is 4.47. The lowest BCUT2D eigenvalue weighted by atomic mass is 9.97. The Hall–Kier alpha value is -2.86. The highest BCUT2D eigenvalue weighted by atomic mass is 16.4. The fraction of sp³-hybridized carbons (Fsp3) is 0.263. The summed E-state index contributed by atoms with van der Waals surface area (Å²) in [6.45, 7) is 3.05. The Morgan fingerprint density at radius 3 is 2.44 bits per heavy atom. The van der Waals surface area contributed by atoms with Gasteiger partial charge in [0.2, 0.25) is 0 Å². The molecular formula is C19H20N2O4. The smallest absolute Gasteiger partial charge is 0.336 e. The number of carboxylic acids is 1. The molecule has 0 radical (unpaired) electrons. The van der Waals surface area contributed by atoms with Gasteiger partial charge in [-0.1, -0.05) is 18.2 Å². The number of benzene rings is 2. The van der Waals surface area contributed by atoms with Crippen LogP contribution < -0.4 is 5.43 Å². The van der Waals surface area contributed by atoms with Crippen LogP contribution in [0.1, 0.15) is 46.0 Å². The number of aromatic carboxylic acids is 1. The van der Waals surface area contributed by atoms with Crippen LogP contribution in [0.5, 0.6) is 5.75 Å². The van der Waals surface area contributed by atoms with Crippen LogP contribution in [-0.2, 0) is 0 Å². The Balaban J connectivity index is 1.86. The lowest BCUT2D eigenvalue weighted by Crippen LogP contribution is -2.32. The van der Waals surface area contributed by atoms with Crippen molar-refractivity contribution in [1.82, 2.24) is 5.01 Å². The van der Waals surface area contributed by atoms with E-state index in [0.717, 1.165) is 19.4 Å². The molecule has 3 N–H and O–H groups in total. The van der Waals surface area contributed by atoms with E-state index in [0.29, 0.717) is 11.7 Å². The second kappa shape index (κ2) is 6.94. The highest BCUT2D eigenvalue weighted by Crippen LogP contribution is 2.27. The fourth-order valence-electron chi connectivity index (χ4n) is 3.07. The van der Waals surface area contributed by atoms with Crippen molar-refractivity contribution in [2.24, 2.45) is 0 Å². The molecule has 2 aromatic rings. The molecule has 6 heteroatoms. The van der Waals surface area contributed by atoms with Gasteiger partial charge in [-0.25, -0.2) is 9.80 Å². The molecule has 1 atom stereocenters. The number of aromatic hydroxyl groups is 1. The number of nitrogens with one attached hydrogen (secondary N) is 1. The molecule has 130 valence electrons. The summed E-state index contributed by atoms with van der Waals surface area (Å²) >= 11 is 0. The monoisotopic (exact) mass is 340 g/mol. The average molecular weight is 340 g/mol. The first-order valence-electron chi connectivity index (χ1n) is 8.20. The van der Waals surface area contributed by atoms with Crippen molar-refractivity contribution in [3.05, 3.63) is 59.2 Å². The molecule has 25 heavy (non-hydrogen) atoms. The molecule has 6 nitrogen and oxygen atoms in total. The van der Waals surface area contributed by atoms with Crippen molar-refractivity contribution < 1.29 is 19.8 Å². The Morgan fingerprint density at radius 2 is 1.84 bits per heavy atom. The van der Waals surface area contributed by atoms with Crippen LogP contribution in [0, 0.1) is 0 Å². The number of carboxylic acid groups (broad SMARTS) is 1. The SMILES string of the molecule is CC1CCCN1Nc1ccc(C(=O)c2ccccc2C(=O)O)c(O)c1. The summed E-state index contributed by atoms with van der Waals surface area (Å²) in [6, 6.07) is 11.1. The maximum absolute atomic E-state index is 12.6. The molecule has 0 aromatic heterocycles. The van der Waals surface area contributed by atoms with Crippen molar-refractivity contribution in [1.29, 1.82) is 0 Å². The number of hydrazine groups is 1. The number of nitrogens with zero attached hydrogens (tertiary/aromatic N) is 1. The van der Waals surface area contributed by atoms with E-state index in [1.165, 1.54) is 24.3 Å². The van der Waals surface area contributed by atoms with Crippen molar-refractivity contribution in [2.75, 3.05) is 12.0 Å². The molecule has 1 aliphatic rings. The maximum atomic E-state index is 12.6. The summed E-state index contributed by atoms with van der Waals surface area (Å²) in [5, 5.41) is 21.6. The van der Waals surface area contributed by atoms with Crippen molar-refractivity contribution >= 4 is 17.4 Å². The zero-order valence-electron chi connectivity index (χ0n) is 13.9. The predicted molar refractivity (Wildman–Crippen MR) is 94.0 cm³/mol. The van der Waals surface area contributed by atoms with Gasteiger partial charge in [0, 0.05) is 24.2 Å². The zero-order chi connectivity index (χ0) is 18.0. The summed E-state index contributed by atoms with van der Waals surface area (Å²) in [5.41, 5.74) is 3.97. The van der Waals surface area contributed by atoms with E-state index in [2.05, 4.69) is 17.4 Å². The first-order chi connectivity index (χ1) is 12.0. The first-order valence-corrected chi connectivity index (χ1v) is 8.20. The van der Waals surface area contributed by atoms with Gasteiger partial charge < -0.3 is 15.6 Å². The molecule has 0 spiro atoms. The Kier molecular flexibility index (Phi) is 4.72. The number of carbonyl (C=O) groups is 2. The van der Waals surface area contributed by atoms with Gasteiger partial charge in [0.25, 0.3) is 0 Å². The molecule has 1 heterocycles. The molecule has 2 aromatic carbocycles. The Bertz CT molecular complexity index is 819. The number of anilines is 1. The Morgan fingerprint density at radius 1 is 1.12 bits per heavy atom. The fourth-order valence-corrected chi connectivity index (χ4v) is 3.07. The number of rotatable bonds is 5. The molecule has 1 unspecified atom stereocenters. The van der Waals surface area contributed by atoms with E-state index in [1.54, 1.807) is 18.2 Å². The van der Waals surface area contributed by atoms with Gasteiger partial charge in [-0.15, -0.1) is 0 Å². The third kappa shape index (κ3) is 3.49. The minimum atomic E-state index is -1.18. The minimum absolute atomic E-state index is 0.0548. The Labute approximate surface area is 145 Å². The summed E-state index contributed by atoms with van der Waals surface area (Å²) in [6.07, 6.45) is 2.23. The second-order valence-corrected chi connectivity index (χ2v) is 6.21. The van der Waals surface area contributed by atoms with Crippen LogP contribution >= 0.6 is 0 Å². The average Bonchev–Trinajstić information content (AvgIpc) is 2.99. The molecule has 0 bridgehead atoms. The predicted octanol–water partition coefficient (Wildman–Crippen LogP) is 3.13. The van der Waals surface area contributed by atoms with E-state index in [9.17, 15) is 19.8 Å². The lowest BCUT2D eigenvalue weighted by Gasteiger charge is -2.23. The number of hydrogen-bond acceptors (Lipinski definition) is 5. The second-order valence-electron chi connectivity index (χ2n) is 6.21. The van der Waals surface area contributed by atoms with Gasteiger partial charge in [0.05, 0.1) is 16.8 Å². The molecule has 0 amide bonds. The third-order valence-corrected chi connectivity index (χ3v) is 4.47. The lowest BCUT2D eigenvalue weighted by molar-refractivity contribution is 0.0692. The quantitative estimate of drug-likeness (QED) is 0.725. The summed E-state index contributed by atoms with van der Waals surface area (Å²) < 4.78 is 0. The van der Waals surface area contributed by atoms with Crippen LogP contribution in [0.2, 0.25) is 0 Å². The molecule has 1 saturated heterocycles. The van der Waals surface area contributed by atoms with E-state index >= 15 is 0 Å². The summed E-state index contributed by atoms with van der Waals surface area (Å²) in [7, 11) is 0. The zero-order valence-corrected chi connectivity index (χ0v) is 13.9. The highest BCUT2D eigenvalue weighted by molar-refractivity contribution is 6.15. The summed E-state index contributed by atoms with van der Waals surface area (Å²) in [4.78, 5) is 23.9. The largest absolute Gasteiger partial charge is 0.507 e. The van der Waals surface area contributed by atoms with Gasteiger partial charge in [-0.3, -0.25) is 4.79 Å². The minimum Gasteiger partial charge on any atom is -0.507 e. The number of ketones is 1. The molecule has 3 rings (SSSR count). The molecule has 1 aliphatic heterocycles. The van der Waals surface area contributed by atoms with Crippen LogP contribution in [0.15, 0.2) is 42.5 Å². The van der Waals surface area contributed by atoms with Crippen LogP contribution in [0.4, 0.5) is 5.69 Å². The van der Waals surface area contributed by atoms with E-state index in [1.807, 2.05) is 0 Å². The summed E-state index contributed by atoms with van der Waals surface area (Å²) in [5.74, 6) is -1.87. The highest BCUT2D eigenvalue weighted by Gasteiger charge is 2.22. The van der Waals surface area contributed by atoms with Crippen LogP contribution in [0.25, 0.3) is 0 Å².